The minimum absolute atomic E-state index is 0.103. The number of rotatable bonds is 3. The number of carbonyl (C=O) groups is 1. The van der Waals surface area contributed by atoms with E-state index in [0.717, 1.165) is 5.56 Å². The van der Waals surface area contributed by atoms with E-state index in [-0.39, 0.29) is 12.2 Å². The van der Waals surface area contributed by atoms with Gasteiger partial charge in [-0.15, -0.1) is 0 Å². The van der Waals surface area contributed by atoms with Crippen LogP contribution in [0.15, 0.2) is 18.2 Å². The summed E-state index contributed by atoms with van der Waals surface area (Å²) in [5, 5.41) is 17.8. The zero-order valence-corrected chi connectivity index (χ0v) is 7.90. The molecule has 4 nitrogen and oxygen atoms in total. The van der Waals surface area contributed by atoms with Gasteiger partial charge in [-0.1, -0.05) is 6.07 Å². The molecular weight excluding hydrogens is 182 g/mol. The van der Waals surface area contributed by atoms with Gasteiger partial charge in [-0.2, -0.15) is 0 Å². The summed E-state index contributed by atoms with van der Waals surface area (Å²) in [7, 11) is 0. The van der Waals surface area contributed by atoms with E-state index < -0.39 is 12.0 Å². The fraction of sp³-hybridized carbons (Fsp3) is 0.300. The van der Waals surface area contributed by atoms with Gasteiger partial charge in [0.05, 0.1) is 6.42 Å². The molecule has 14 heavy (non-hydrogen) atoms. The van der Waals surface area contributed by atoms with E-state index in [1.54, 1.807) is 12.1 Å². The zero-order valence-electron chi connectivity index (χ0n) is 7.90. The minimum Gasteiger partial charge on any atom is -0.508 e. The largest absolute Gasteiger partial charge is 0.508 e. The lowest BCUT2D eigenvalue weighted by atomic mass is 9.99. The van der Waals surface area contributed by atoms with Crippen molar-refractivity contribution >= 4 is 5.97 Å². The molecule has 0 spiro atoms. The first kappa shape index (κ1) is 10.5. The molecule has 4 heteroatoms. The van der Waals surface area contributed by atoms with Gasteiger partial charge in [-0.25, -0.2) is 0 Å². The molecule has 0 aromatic heterocycles. The summed E-state index contributed by atoms with van der Waals surface area (Å²) in [5.41, 5.74) is 7.23. The van der Waals surface area contributed by atoms with Crippen LogP contribution in [0.5, 0.6) is 5.75 Å². The van der Waals surface area contributed by atoms with E-state index in [1.807, 2.05) is 6.92 Å². The Morgan fingerprint density at radius 1 is 1.57 bits per heavy atom. The normalized spacial score (nSPS) is 12.4. The average Bonchev–Trinajstić information content (AvgIpc) is 2.08. The number of hydrogen-bond acceptors (Lipinski definition) is 3. The van der Waals surface area contributed by atoms with E-state index >= 15 is 0 Å². The molecule has 1 rings (SSSR count). The molecular formula is C10H13NO3. The van der Waals surface area contributed by atoms with Crippen LogP contribution in [0.3, 0.4) is 0 Å². The van der Waals surface area contributed by atoms with Gasteiger partial charge in [0.2, 0.25) is 0 Å². The van der Waals surface area contributed by atoms with Crippen LogP contribution in [0.1, 0.15) is 23.6 Å². The van der Waals surface area contributed by atoms with E-state index in [0.29, 0.717) is 5.56 Å². The summed E-state index contributed by atoms with van der Waals surface area (Å²) in [6.07, 6.45) is -0.135. The lowest BCUT2D eigenvalue weighted by molar-refractivity contribution is -0.137. The quantitative estimate of drug-likeness (QED) is 0.676. The van der Waals surface area contributed by atoms with Crippen molar-refractivity contribution in [3.63, 3.8) is 0 Å². The van der Waals surface area contributed by atoms with Gasteiger partial charge in [-0.05, 0) is 30.2 Å². The fourth-order valence-electron chi connectivity index (χ4n) is 1.33. The van der Waals surface area contributed by atoms with Gasteiger partial charge >= 0.3 is 5.97 Å². The molecule has 1 atom stereocenters. The maximum atomic E-state index is 10.4. The maximum Gasteiger partial charge on any atom is 0.305 e. The van der Waals surface area contributed by atoms with Crippen LogP contribution in [-0.2, 0) is 4.79 Å². The van der Waals surface area contributed by atoms with Crippen molar-refractivity contribution < 1.29 is 15.0 Å². The first-order valence-corrected chi connectivity index (χ1v) is 4.27. The number of phenols is 1. The first-order valence-electron chi connectivity index (χ1n) is 4.27. The Bertz CT molecular complexity index is 349. The van der Waals surface area contributed by atoms with Crippen molar-refractivity contribution in [1.82, 2.24) is 0 Å². The highest BCUT2D eigenvalue weighted by atomic mass is 16.4. The molecule has 0 saturated heterocycles. The molecule has 0 unspecified atom stereocenters. The number of carboxylic acids is 1. The third kappa shape index (κ3) is 2.47. The molecule has 76 valence electrons. The third-order valence-corrected chi connectivity index (χ3v) is 2.06. The molecule has 0 aliphatic heterocycles. The van der Waals surface area contributed by atoms with E-state index in [9.17, 15) is 9.90 Å². The summed E-state index contributed by atoms with van der Waals surface area (Å²) in [6.45, 7) is 1.83. The van der Waals surface area contributed by atoms with Gasteiger partial charge in [-0.3, -0.25) is 4.79 Å². The maximum absolute atomic E-state index is 10.4. The summed E-state index contributed by atoms with van der Waals surface area (Å²) >= 11 is 0. The smallest absolute Gasteiger partial charge is 0.305 e. The Balaban J connectivity index is 2.93. The van der Waals surface area contributed by atoms with E-state index in [4.69, 9.17) is 10.8 Å². The topological polar surface area (TPSA) is 83.5 Å². The summed E-state index contributed by atoms with van der Waals surface area (Å²) < 4.78 is 0. The van der Waals surface area contributed by atoms with Crippen LogP contribution >= 0.6 is 0 Å². The standard InChI is InChI=1S/C10H13NO3/c1-6-2-3-7(12)4-8(6)9(11)5-10(13)14/h2-4,9,12H,5,11H2,1H3,(H,13,14)/t9-/m1/s1. The van der Waals surface area contributed by atoms with E-state index in [2.05, 4.69) is 0 Å². The van der Waals surface area contributed by atoms with Crippen LogP contribution in [0.2, 0.25) is 0 Å². The molecule has 0 fully saturated rings. The third-order valence-electron chi connectivity index (χ3n) is 2.06. The highest BCUT2D eigenvalue weighted by Gasteiger charge is 2.13. The molecule has 1 aromatic carbocycles. The molecule has 0 bridgehead atoms. The second-order valence-corrected chi connectivity index (χ2v) is 3.25. The zero-order chi connectivity index (χ0) is 10.7. The second kappa shape index (κ2) is 4.11. The Morgan fingerprint density at radius 3 is 2.79 bits per heavy atom. The van der Waals surface area contributed by atoms with Crippen LogP contribution in [0, 0.1) is 6.92 Å². The SMILES string of the molecule is Cc1ccc(O)cc1[C@H](N)CC(=O)O. The van der Waals surface area contributed by atoms with Gasteiger partial charge in [0.25, 0.3) is 0 Å². The number of carboxylic acid groups (broad SMARTS) is 1. The summed E-state index contributed by atoms with van der Waals surface area (Å²) in [4.78, 5) is 10.4. The minimum atomic E-state index is -0.944. The lowest BCUT2D eigenvalue weighted by Gasteiger charge is -2.12. The van der Waals surface area contributed by atoms with Crippen LogP contribution in [-0.4, -0.2) is 16.2 Å². The van der Waals surface area contributed by atoms with Gasteiger partial charge < -0.3 is 15.9 Å². The summed E-state index contributed by atoms with van der Waals surface area (Å²) in [5.74, 6) is -0.841. The number of benzene rings is 1. The van der Waals surface area contributed by atoms with Crippen molar-refractivity contribution in [3.05, 3.63) is 29.3 Å². The van der Waals surface area contributed by atoms with Gasteiger partial charge in [0.1, 0.15) is 5.75 Å². The first-order chi connectivity index (χ1) is 6.50. The number of phenolic OH excluding ortho intramolecular Hbond substituents is 1. The lowest BCUT2D eigenvalue weighted by Crippen LogP contribution is -2.15. The van der Waals surface area contributed by atoms with Crippen molar-refractivity contribution in [2.24, 2.45) is 5.73 Å². The number of nitrogens with two attached hydrogens (primary N) is 1. The highest BCUT2D eigenvalue weighted by Crippen LogP contribution is 2.22. The molecule has 0 saturated carbocycles. The molecule has 0 aliphatic rings. The molecule has 0 aliphatic carbocycles. The van der Waals surface area contributed by atoms with Gasteiger partial charge in [0, 0.05) is 6.04 Å². The Hall–Kier alpha value is -1.55. The van der Waals surface area contributed by atoms with Crippen LogP contribution < -0.4 is 5.73 Å². The molecule has 4 N–H and O–H groups in total. The van der Waals surface area contributed by atoms with Gasteiger partial charge in [0.15, 0.2) is 0 Å². The summed E-state index contributed by atoms with van der Waals surface area (Å²) in [6, 6.07) is 4.20. The fourth-order valence-corrected chi connectivity index (χ4v) is 1.33. The second-order valence-electron chi connectivity index (χ2n) is 3.25. The molecule has 0 heterocycles. The number of aromatic hydroxyl groups is 1. The Labute approximate surface area is 82.0 Å². The number of aryl methyl sites for hydroxylation is 1. The van der Waals surface area contributed by atoms with Crippen molar-refractivity contribution in [1.29, 1.82) is 0 Å². The Kier molecular flexibility index (Phi) is 3.09. The van der Waals surface area contributed by atoms with E-state index in [1.165, 1.54) is 6.07 Å². The van der Waals surface area contributed by atoms with Crippen molar-refractivity contribution in [3.8, 4) is 5.75 Å². The average molecular weight is 195 g/mol. The van der Waals surface area contributed by atoms with Crippen molar-refractivity contribution in [2.45, 2.75) is 19.4 Å². The molecule has 0 radical (unpaired) electrons. The highest BCUT2D eigenvalue weighted by molar-refractivity contribution is 5.68. The van der Waals surface area contributed by atoms with Crippen molar-refractivity contribution in [2.75, 3.05) is 0 Å². The number of hydrogen-bond donors (Lipinski definition) is 3. The van der Waals surface area contributed by atoms with Crippen LogP contribution in [0.25, 0.3) is 0 Å². The molecule has 1 aromatic rings. The predicted octanol–water partition coefficient (Wildman–Crippen LogP) is 1.18. The predicted molar refractivity (Wildman–Crippen MR) is 52.0 cm³/mol. The van der Waals surface area contributed by atoms with Crippen LogP contribution in [0.4, 0.5) is 0 Å². The molecule has 0 amide bonds. The monoisotopic (exact) mass is 195 g/mol. The number of aliphatic carboxylic acids is 1. The Morgan fingerprint density at radius 2 is 2.21 bits per heavy atom.